The summed E-state index contributed by atoms with van der Waals surface area (Å²) >= 11 is 0. The topological polar surface area (TPSA) is 98.8 Å². The van der Waals surface area contributed by atoms with Crippen molar-refractivity contribution < 1.29 is 28.7 Å². The second-order valence-electron chi connectivity index (χ2n) is 10.7. The minimum atomic E-state index is -0.438. The monoisotopic (exact) mass is 537 g/mol. The van der Waals surface area contributed by atoms with Crippen LogP contribution in [0.5, 0.6) is 0 Å². The van der Waals surface area contributed by atoms with Crippen LogP contribution in [0.2, 0.25) is 0 Å². The highest BCUT2D eigenvalue weighted by Crippen LogP contribution is 2.21. The summed E-state index contributed by atoms with van der Waals surface area (Å²) in [5.74, 6) is -0.0649. The van der Waals surface area contributed by atoms with Crippen molar-refractivity contribution in [2.24, 2.45) is 17.8 Å². The number of hydrogen-bond donors (Lipinski definition) is 1. The van der Waals surface area contributed by atoms with Crippen molar-refractivity contribution in [3.05, 3.63) is 59.7 Å². The Morgan fingerprint density at radius 3 is 1.41 bits per heavy atom. The predicted molar refractivity (Wildman–Crippen MR) is 153 cm³/mol. The smallest absolute Gasteiger partial charge is 0.251 e. The fourth-order valence-electron chi connectivity index (χ4n) is 3.75. The number of amides is 1. The minimum Gasteiger partial charge on any atom is -0.379 e. The van der Waals surface area contributed by atoms with Gasteiger partial charge in [0.2, 0.25) is 0 Å². The van der Waals surface area contributed by atoms with Gasteiger partial charge in [0.15, 0.2) is 5.78 Å². The molecule has 2 rings (SSSR count). The van der Waals surface area contributed by atoms with Gasteiger partial charge < -0.3 is 14.8 Å². The average Bonchev–Trinajstić information content (AvgIpc) is 2.92. The second kappa shape index (κ2) is 16.1. The van der Waals surface area contributed by atoms with E-state index in [4.69, 9.17) is 9.47 Å². The van der Waals surface area contributed by atoms with Gasteiger partial charge in [0.05, 0.1) is 32.5 Å². The molecule has 0 spiro atoms. The number of nitrogens with one attached hydrogen (secondary N) is 1. The summed E-state index contributed by atoms with van der Waals surface area (Å²) in [4.78, 5) is 48.9. The van der Waals surface area contributed by atoms with Crippen LogP contribution in [-0.4, -0.2) is 55.7 Å². The molecule has 7 heteroatoms. The molecule has 0 aromatic heterocycles. The summed E-state index contributed by atoms with van der Waals surface area (Å²) in [6.45, 7) is 12.1. The first-order valence-corrected chi connectivity index (χ1v) is 13.8. The van der Waals surface area contributed by atoms with Crippen molar-refractivity contribution in [2.45, 2.75) is 60.4 Å². The van der Waals surface area contributed by atoms with Crippen LogP contribution in [0, 0.1) is 17.8 Å². The number of Topliss-reactive ketones (excluding diaryl/α,β-unsaturated/α-hetero) is 3. The zero-order valence-corrected chi connectivity index (χ0v) is 24.1. The van der Waals surface area contributed by atoms with E-state index in [1.165, 1.54) is 0 Å². The first-order valence-electron chi connectivity index (χ1n) is 13.8. The Kier molecular flexibility index (Phi) is 13.2. The predicted octanol–water partition coefficient (Wildman–Crippen LogP) is 5.55. The number of carbonyl (C=O) groups excluding carboxylic acids is 4. The SMILES string of the molecule is CC(C)C(=O)CCOCC(COCCC(=O)C(C)C)NC(=O)c1ccc(-c2ccc(C(=O)C(C)C)cc2)cc1. The summed E-state index contributed by atoms with van der Waals surface area (Å²) in [5.41, 5.74) is 3.06. The maximum atomic E-state index is 13.0. The second-order valence-corrected chi connectivity index (χ2v) is 10.7. The first-order chi connectivity index (χ1) is 18.5. The van der Waals surface area contributed by atoms with E-state index in [9.17, 15) is 19.2 Å². The quantitative estimate of drug-likeness (QED) is 0.210. The standard InChI is InChI=1S/C32H43NO6/c1-21(2)29(34)15-17-38-19-28(20-39-18-16-30(35)22(3)4)33-32(37)27-13-9-25(10-14-27)24-7-11-26(12-8-24)31(36)23(5)6/h7-14,21-23,28H,15-20H2,1-6H3,(H,33,37). The Morgan fingerprint density at radius 1 is 0.615 bits per heavy atom. The van der Waals surface area contributed by atoms with E-state index >= 15 is 0 Å². The van der Waals surface area contributed by atoms with Crippen LogP contribution in [-0.2, 0) is 19.1 Å². The van der Waals surface area contributed by atoms with E-state index in [-0.39, 0.29) is 67.4 Å². The molecule has 0 aliphatic rings. The van der Waals surface area contributed by atoms with E-state index in [0.717, 1.165) is 11.1 Å². The highest BCUT2D eigenvalue weighted by molar-refractivity contribution is 5.98. The molecular weight excluding hydrogens is 494 g/mol. The van der Waals surface area contributed by atoms with Crippen molar-refractivity contribution in [3.63, 3.8) is 0 Å². The van der Waals surface area contributed by atoms with Crippen LogP contribution in [0.3, 0.4) is 0 Å². The van der Waals surface area contributed by atoms with Crippen molar-refractivity contribution in [2.75, 3.05) is 26.4 Å². The number of ether oxygens (including phenoxy) is 2. The lowest BCUT2D eigenvalue weighted by Gasteiger charge is -2.19. The van der Waals surface area contributed by atoms with E-state index in [1.54, 1.807) is 12.1 Å². The van der Waals surface area contributed by atoms with Crippen LogP contribution >= 0.6 is 0 Å². The van der Waals surface area contributed by atoms with Crippen LogP contribution < -0.4 is 5.32 Å². The molecule has 0 radical (unpaired) electrons. The van der Waals surface area contributed by atoms with Crippen molar-refractivity contribution in [1.82, 2.24) is 5.32 Å². The maximum Gasteiger partial charge on any atom is 0.251 e. The van der Waals surface area contributed by atoms with Gasteiger partial charge in [-0.15, -0.1) is 0 Å². The Bertz CT molecular complexity index is 1060. The third kappa shape index (κ3) is 10.9. The number of ketones is 3. The summed E-state index contributed by atoms with van der Waals surface area (Å²) in [6, 6.07) is 14.3. The normalized spacial score (nSPS) is 11.4. The average molecular weight is 538 g/mol. The zero-order chi connectivity index (χ0) is 28.9. The molecule has 0 heterocycles. The lowest BCUT2D eigenvalue weighted by Crippen LogP contribution is -2.42. The molecule has 0 bridgehead atoms. The van der Waals surface area contributed by atoms with E-state index in [0.29, 0.717) is 24.0 Å². The van der Waals surface area contributed by atoms with Gasteiger partial charge >= 0.3 is 0 Å². The van der Waals surface area contributed by atoms with E-state index in [1.807, 2.05) is 77.9 Å². The molecule has 39 heavy (non-hydrogen) atoms. The van der Waals surface area contributed by atoms with Crippen molar-refractivity contribution >= 4 is 23.3 Å². The summed E-state index contributed by atoms with van der Waals surface area (Å²) < 4.78 is 11.4. The van der Waals surface area contributed by atoms with Gasteiger partial charge in [-0.3, -0.25) is 19.2 Å². The summed E-state index contributed by atoms with van der Waals surface area (Å²) in [5, 5.41) is 2.95. The van der Waals surface area contributed by atoms with Gasteiger partial charge in [-0.25, -0.2) is 0 Å². The van der Waals surface area contributed by atoms with Gasteiger partial charge in [-0.05, 0) is 23.3 Å². The molecule has 0 atom stereocenters. The number of rotatable bonds is 17. The van der Waals surface area contributed by atoms with Crippen LogP contribution in [0.1, 0.15) is 75.1 Å². The Morgan fingerprint density at radius 2 is 1.03 bits per heavy atom. The Balaban J connectivity index is 1.99. The highest BCUT2D eigenvalue weighted by atomic mass is 16.5. The summed E-state index contributed by atoms with van der Waals surface area (Å²) in [7, 11) is 0. The largest absolute Gasteiger partial charge is 0.379 e. The van der Waals surface area contributed by atoms with Gasteiger partial charge in [0.1, 0.15) is 11.6 Å². The summed E-state index contributed by atoms with van der Waals surface area (Å²) in [6.07, 6.45) is 0.631. The van der Waals surface area contributed by atoms with Gasteiger partial charge in [-0.2, -0.15) is 0 Å². The van der Waals surface area contributed by atoms with Gasteiger partial charge in [0.25, 0.3) is 5.91 Å². The molecule has 0 aliphatic heterocycles. The molecule has 0 saturated carbocycles. The van der Waals surface area contributed by atoms with Gasteiger partial charge in [-0.1, -0.05) is 77.9 Å². The highest BCUT2D eigenvalue weighted by Gasteiger charge is 2.17. The molecule has 1 amide bonds. The van der Waals surface area contributed by atoms with Crippen molar-refractivity contribution in [3.8, 4) is 11.1 Å². The molecule has 0 saturated heterocycles. The van der Waals surface area contributed by atoms with E-state index in [2.05, 4.69) is 5.32 Å². The lowest BCUT2D eigenvalue weighted by molar-refractivity contribution is -0.123. The first kappa shape index (κ1) is 32.1. The molecular formula is C32H43NO6. The third-order valence-corrected chi connectivity index (χ3v) is 6.42. The third-order valence-electron chi connectivity index (χ3n) is 6.42. The number of hydrogen-bond acceptors (Lipinski definition) is 6. The van der Waals surface area contributed by atoms with Crippen LogP contribution in [0.25, 0.3) is 11.1 Å². The number of carbonyl (C=O) groups is 4. The fraction of sp³-hybridized carbons (Fsp3) is 0.500. The molecule has 0 fully saturated rings. The lowest BCUT2D eigenvalue weighted by atomic mass is 9.97. The maximum absolute atomic E-state index is 13.0. The van der Waals surface area contributed by atoms with Crippen LogP contribution in [0.15, 0.2) is 48.5 Å². The van der Waals surface area contributed by atoms with Crippen molar-refractivity contribution in [1.29, 1.82) is 0 Å². The molecule has 212 valence electrons. The van der Waals surface area contributed by atoms with Gasteiger partial charge in [0, 0.05) is 41.7 Å². The Labute approximate surface area is 232 Å². The molecule has 0 unspecified atom stereocenters. The number of benzene rings is 2. The molecule has 2 aromatic rings. The molecule has 2 aromatic carbocycles. The molecule has 7 nitrogen and oxygen atoms in total. The van der Waals surface area contributed by atoms with Crippen LogP contribution in [0.4, 0.5) is 0 Å². The Hall–Kier alpha value is -3.16. The van der Waals surface area contributed by atoms with E-state index < -0.39 is 6.04 Å². The zero-order valence-electron chi connectivity index (χ0n) is 24.1. The molecule has 1 N–H and O–H groups in total. The fourth-order valence-corrected chi connectivity index (χ4v) is 3.75. The molecule has 0 aliphatic carbocycles. The minimum absolute atomic E-state index is 0.0469.